The first-order valence-electron chi connectivity index (χ1n) is 6.84. The normalized spacial score (nSPS) is 31.6. The maximum atomic E-state index is 6.29. The van der Waals surface area contributed by atoms with Crippen LogP contribution in [0.3, 0.4) is 0 Å². The van der Waals surface area contributed by atoms with E-state index in [-0.39, 0.29) is 12.1 Å². The summed E-state index contributed by atoms with van der Waals surface area (Å²) >= 11 is 0. The Labute approximate surface area is 108 Å². The van der Waals surface area contributed by atoms with Gasteiger partial charge in [-0.3, -0.25) is 0 Å². The zero-order valence-corrected chi connectivity index (χ0v) is 10.9. The fraction of sp³-hybridized carbons (Fsp3) is 0.600. The Bertz CT molecular complexity index is 427. The zero-order valence-electron chi connectivity index (χ0n) is 10.9. The smallest absolute Gasteiger partial charge is 0.124 e. The lowest BCUT2D eigenvalue weighted by Crippen LogP contribution is -2.39. The van der Waals surface area contributed by atoms with Crippen LogP contribution in [0.4, 0.5) is 0 Å². The SMILES string of the molecule is Cc1ccc2c(c1)[C@@H](N)CC(C1CCCOC1)O2. The second-order valence-electron chi connectivity index (χ2n) is 5.52. The van der Waals surface area contributed by atoms with Gasteiger partial charge < -0.3 is 15.2 Å². The Balaban J connectivity index is 1.80. The summed E-state index contributed by atoms with van der Waals surface area (Å²) in [5, 5.41) is 0. The topological polar surface area (TPSA) is 44.5 Å². The van der Waals surface area contributed by atoms with Crippen LogP contribution >= 0.6 is 0 Å². The fourth-order valence-corrected chi connectivity index (χ4v) is 3.00. The van der Waals surface area contributed by atoms with E-state index in [4.69, 9.17) is 15.2 Å². The van der Waals surface area contributed by atoms with Crippen molar-refractivity contribution in [1.29, 1.82) is 0 Å². The third kappa shape index (κ3) is 2.25. The Kier molecular flexibility index (Phi) is 3.27. The monoisotopic (exact) mass is 247 g/mol. The van der Waals surface area contributed by atoms with Crippen molar-refractivity contribution in [3.63, 3.8) is 0 Å². The molecule has 2 aliphatic heterocycles. The predicted octanol–water partition coefficient (Wildman–Crippen LogP) is 2.57. The second kappa shape index (κ2) is 4.90. The van der Waals surface area contributed by atoms with Gasteiger partial charge in [0.25, 0.3) is 0 Å². The Hall–Kier alpha value is -1.06. The van der Waals surface area contributed by atoms with Gasteiger partial charge in [0.2, 0.25) is 0 Å². The molecule has 0 bridgehead atoms. The van der Waals surface area contributed by atoms with Gasteiger partial charge >= 0.3 is 0 Å². The first kappa shape index (κ1) is 12.0. The molecule has 2 N–H and O–H groups in total. The molecular weight excluding hydrogens is 226 g/mol. The zero-order chi connectivity index (χ0) is 12.5. The van der Waals surface area contributed by atoms with Crippen LogP contribution in [0, 0.1) is 12.8 Å². The molecule has 3 rings (SSSR count). The summed E-state index contributed by atoms with van der Waals surface area (Å²) < 4.78 is 11.7. The number of hydrogen-bond donors (Lipinski definition) is 1. The number of nitrogens with two attached hydrogens (primary N) is 1. The molecule has 3 heteroatoms. The Morgan fingerprint density at radius 3 is 3.00 bits per heavy atom. The highest BCUT2D eigenvalue weighted by Gasteiger charge is 2.32. The van der Waals surface area contributed by atoms with Crippen molar-refractivity contribution in [2.45, 2.75) is 38.3 Å². The average Bonchev–Trinajstić information content (AvgIpc) is 2.40. The molecule has 0 amide bonds. The van der Waals surface area contributed by atoms with Crippen LogP contribution in [0.2, 0.25) is 0 Å². The molecule has 0 aliphatic carbocycles. The van der Waals surface area contributed by atoms with Crippen molar-refractivity contribution in [1.82, 2.24) is 0 Å². The maximum Gasteiger partial charge on any atom is 0.124 e. The third-order valence-corrected chi connectivity index (χ3v) is 4.05. The summed E-state index contributed by atoms with van der Waals surface area (Å²) in [5.74, 6) is 1.47. The highest BCUT2D eigenvalue weighted by Crippen LogP contribution is 2.37. The largest absolute Gasteiger partial charge is 0.490 e. The minimum Gasteiger partial charge on any atom is -0.490 e. The summed E-state index contributed by atoms with van der Waals surface area (Å²) in [5.41, 5.74) is 8.69. The van der Waals surface area contributed by atoms with E-state index in [1.54, 1.807) is 0 Å². The van der Waals surface area contributed by atoms with Crippen LogP contribution in [0.25, 0.3) is 0 Å². The van der Waals surface area contributed by atoms with Crippen LogP contribution < -0.4 is 10.5 Å². The number of ether oxygens (including phenoxy) is 2. The van der Waals surface area contributed by atoms with Crippen LogP contribution in [0.5, 0.6) is 5.75 Å². The number of fused-ring (bicyclic) bond motifs is 1. The molecule has 18 heavy (non-hydrogen) atoms. The van der Waals surface area contributed by atoms with E-state index in [2.05, 4.69) is 25.1 Å². The molecule has 0 aromatic heterocycles. The van der Waals surface area contributed by atoms with Gasteiger partial charge in [-0.05, 0) is 25.8 Å². The van der Waals surface area contributed by atoms with Crippen molar-refractivity contribution in [3.05, 3.63) is 29.3 Å². The third-order valence-electron chi connectivity index (χ3n) is 4.05. The summed E-state index contributed by atoms with van der Waals surface area (Å²) in [6, 6.07) is 6.39. The fourth-order valence-electron chi connectivity index (χ4n) is 3.00. The number of benzene rings is 1. The van der Waals surface area contributed by atoms with Crippen molar-refractivity contribution in [2.24, 2.45) is 11.7 Å². The first-order valence-corrected chi connectivity index (χ1v) is 6.84. The molecule has 0 radical (unpaired) electrons. The second-order valence-corrected chi connectivity index (χ2v) is 5.52. The number of hydrogen-bond acceptors (Lipinski definition) is 3. The molecule has 2 unspecified atom stereocenters. The average molecular weight is 247 g/mol. The van der Waals surface area contributed by atoms with E-state index in [1.165, 1.54) is 12.0 Å². The van der Waals surface area contributed by atoms with Crippen molar-refractivity contribution in [2.75, 3.05) is 13.2 Å². The van der Waals surface area contributed by atoms with Crippen LogP contribution in [-0.4, -0.2) is 19.3 Å². The van der Waals surface area contributed by atoms with E-state index in [9.17, 15) is 0 Å². The van der Waals surface area contributed by atoms with Gasteiger partial charge in [0.05, 0.1) is 6.61 Å². The van der Waals surface area contributed by atoms with Gasteiger partial charge in [0, 0.05) is 30.6 Å². The van der Waals surface area contributed by atoms with Gasteiger partial charge in [0.1, 0.15) is 11.9 Å². The number of rotatable bonds is 1. The van der Waals surface area contributed by atoms with Crippen LogP contribution in [0.1, 0.15) is 36.4 Å². The molecule has 1 aromatic carbocycles. The lowest BCUT2D eigenvalue weighted by Gasteiger charge is -2.36. The van der Waals surface area contributed by atoms with E-state index in [1.807, 2.05) is 0 Å². The highest BCUT2D eigenvalue weighted by atomic mass is 16.5. The predicted molar refractivity (Wildman–Crippen MR) is 70.7 cm³/mol. The molecule has 2 heterocycles. The molecule has 0 spiro atoms. The minimum atomic E-state index is 0.0978. The molecule has 3 atom stereocenters. The molecular formula is C15H21NO2. The molecule has 98 valence electrons. The maximum absolute atomic E-state index is 6.29. The van der Waals surface area contributed by atoms with E-state index >= 15 is 0 Å². The molecule has 1 fully saturated rings. The van der Waals surface area contributed by atoms with Gasteiger partial charge in [-0.2, -0.15) is 0 Å². The molecule has 1 aromatic rings. The molecule has 0 saturated carbocycles. The summed E-state index contributed by atoms with van der Waals surface area (Å²) in [6.07, 6.45) is 3.46. The van der Waals surface area contributed by atoms with E-state index < -0.39 is 0 Å². The summed E-state index contributed by atoms with van der Waals surface area (Å²) in [6.45, 7) is 3.80. The van der Waals surface area contributed by atoms with Gasteiger partial charge in [-0.25, -0.2) is 0 Å². The first-order chi connectivity index (χ1) is 8.74. The highest BCUT2D eigenvalue weighted by molar-refractivity contribution is 5.40. The quantitative estimate of drug-likeness (QED) is 0.829. The van der Waals surface area contributed by atoms with Crippen molar-refractivity contribution >= 4 is 0 Å². The van der Waals surface area contributed by atoms with Crippen molar-refractivity contribution < 1.29 is 9.47 Å². The lowest BCUT2D eigenvalue weighted by molar-refractivity contribution is -0.00924. The minimum absolute atomic E-state index is 0.0978. The standard InChI is InChI=1S/C15H21NO2/c1-10-4-5-14-12(7-10)13(16)8-15(18-14)11-3-2-6-17-9-11/h4-5,7,11,13,15H,2-3,6,8-9,16H2,1H3/t11?,13-,15?/m0/s1. The van der Waals surface area contributed by atoms with Crippen LogP contribution in [-0.2, 0) is 4.74 Å². The Morgan fingerprint density at radius 1 is 1.33 bits per heavy atom. The lowest BCUT2D eigenvalue weighted by atomic mass is 9.87. The summed E-state index contributed by atoms with van der Waals surface area (Å²) in [7, 11) is 0. The molecule has 2 aliphatic rings. The number of aryl methyl sites for hydroxylation is 1. The Morgan fingerprint density at radius 2 is 2.22 bits per heavy atom. The van der Waals surface area contributed by atoms with Gasteiger partial charge in [-0.15, -0.1) is 0 Å². The van der Waals surface area contributed by atoms with Gasteiger partial charge in [-0.1, -0.05) is 17.7 Å². The van der Waals surface area contributed by atoms with E-state index in [0.717, 1.165) is 37.4 Å². The summed E-state index contributed by atoms with van der Waals surface area (Å²) in [4.78, 5) is 0. The van der Waals surface area contributed by atoms with Crippen LogP contribution in [0.15, 0.2) is 18.2 Å². The molecule has 1 saturated heterocycles. The van der Waals surface area contributed by atoms with Gasteiger partial charge in [0.15, 0.2) is 0 Å². The molecule has 3 nitrogen and oxygen atoms in total. The van der Waals surface area contributed by atoms with Crippen molar-refractivity contribution in [3.8, 4) is 5.75 Å². The van der Waals surface area contributed by atoms with E-state index in [0.29, 0.717) is 5.92 Å².